The van der Waals surface area contributed by atoms with Crippen LogP contribution in [0.1, 0.15) is 53.4 Å². The maximum atomic E-state index is 14.5. The van der Waals surface area contributed by atoms with Gasteiger partial charge in [-0.05, 0) is 76.8 Å². The third-order valence-electron chi connectivity index (χ3n) is 7.66. The number of pyridine rings is 1. The summed E-state index contributed by atoms with van der Waals surface area (Å²) in [5, 5.41) is 20.9. The minimum Gasteiger partial charge on any atom is -0.481 e. The molecule has 9 heteroatoms. The molecule has 1 aliphatic rings. The van der Waals surface area contributed by atoms with E-state index in [0.29, 0.717) is 49.6 Å². The van der Waals surface area contributed by atoms with Crippen molar-refractivity contribution < 1.29 is 14.3 Å². The number of piperidine rings is 1. The highest BCUT2D eigenvalue weighted by Crippen LogP contribution is 2.40. The van der Waals surface area contributed by atoms with Gasteiger partial charge in [-0.1, -0.05) is 23.7 Å². The zero-order valence-corrected chi connectivity index (χ0v) is 22.1. The number of aromatic amines is 1. The van der Waals surface area contributed by atoms with Gasteiger partial charge >= 0.3 is 5.97 Å². The molecule has 0 aliphatic carbocycles. The molecule has 7 nitrogen and oxygen atoms in total. The third kappa shape index (κ3) is 5.11. The zero-order chi connectivity index (χ0) is 26.2. The number of hydrogen-bond acceptors (Lipinski definition) is 5. The molecular weight excluding hydrogens is 481 g/mol. The van der Waals surface area contributed by atoms with Crippen LogP contribution in [0, 0.1) is 38.9 Å². The van der Waals surface area contributed by atoms with Crippen molar-refractivity contribution in [1.82, 2.24) is 20.1 Å². The first-order chi connectivity index (χ1) is 17.0. The van der Waals surface area contributed by atoms with Crippen LogP contribution in [0.3, 0.4) is 0 Å². The molecule has 2 aromatic heterocycles. The number of nitrogens with zero attached hydrogens (tertiary/aromatic N) is 3. The largest absolute Gasteiger partial charge is 0.481 e. The Hall–Kier alpha value is -2.97. The number of carboxylic acids is 1. The first-order valence-electron chi connectivity index (χ1n) is 12.2. The van der Waals surface area contributed by atoms with Crippen LogP contribution in [0.15, 0.2) is 24.3 Å². The Morgan fingerprint density at radius 2 is 2.03 bits per heavy atom. The van der Waals surface area contributed by atoms with E-state index >= 15 is 0 Å². The fourth-order valence-corrected chi connectivity index (χ4v) is 5.32. The summed E-state index contributed by atoms with van der Waals surface area (Å²) >= 11 is 5.96. The van der Waals surface area contributed by atoms with Crippen LogP contribution in [-0.2, 0) is 17.8 Å². The van der Waals surface area contributed by atoms with Crippen LogP contribution in [0.2, 0.25) is 5.02 Å². The number of rotatable bonds is 7. The predicted molar refractivity (Wildman–Crippen MR) is 139 cm³/mol. The summed E-state index contributed by atoms with van der Waals surface area (Å²) in [5.41, 5.74) is 4.37. The molecule has 0 spiro atoms. The first-order valence-corrected chi connectivity index (χ1v) is 12.5. The number of benzene rings is 1. The van der Waals surface area contributed by atoms with E-state index in [1.54, 1.807) is 12.1 Å². The van der Waals surface area contributed by atoms with Gasteiger partial charge in [0.2, 0.25) is 0 Å². The second kappa shape index (κ2) is 10.2. The number of hydrogen-bond donors (Lipinski definition) is 3. The lowest BCUT2D eigenvalue weighted by atomic mass is 9.71. The molecule has 3 heterocycles. The first kappa shape index (κ1) is 26.1. The van der Waals surface area contributed by atoms with E-state index < -0.39 is 17.2 Å². The van der Waals surface area contributed by atoms with Crippen molar-refractivity contribution in [2.45, 2.75) is 66.5 Å². The average molecular weight is 514 g/mol. The maximum Gasteiger partial charge on any atom is 0.310 e. The molecule has 0 radical (unpaired) electrons. The van der Waals surface area contributed by atoms with Crippen LogP contribution in [-0.4, -0.2) is 43.7 Å². The number of likely N-dealkylation sites (tertiary alicyclic amines) is 1. The second-order valence-corrected chi connectivity index (χ2v) is 10.5. The monoisotopic (exact) mass is 513 g/mol. The van der Waals surface area contributed by atoms with Crippen molar-refractivity contribution in [1.29, 1.82) is 0 Å². The fourth-order valence-electron chi connectivity index (χ4n) is 5.12. The van der Waals surface area contributed by atoms with E-state index in [9.17, 15) is 14.3 Å². The molecule has 36 heavy (non-hydrogen) atoms. The van der Waals surface area contributed by atoms with Gasteiger partial charge in [-0.15, -0.1) is 0 Å². The SMILES string of the molecule is Cc1cc(Nc2nc(C[C@@]3(C(=O)O)CCN(Cc4cccc(Cl)c4F)[C@H](C)C3)c(C)c(C)c2C)n[nH]1. The number of carboxylic acid groups (broad SMARTS) is 1. The molecule has 192 valence electrons. The van der Waals surface area contributed by atoms with Crippen LogP contribution < -0.4 is 5.32 Å². The van der Waals surface area contributed by atoms with E-state index in [4.69, 9.17) is 16.6 Å². The Balaban J connectivity index is 1.58. The van der Waals surface area contributed by atoms with Crippen molar-refractivity contribution in [2.75, 3.05) is 11.9 Å². The van der Waals surface area contributed by atoms with E-state index in [1.807, 2.05) is 40.7 Å². The molecule has 0 bridgehead atoms. The van der Waals surface area contributed by atoms with Gasteiger partial charge in [-0.2, -0.15) is 5.10 Å². The lowest BCUT2D eigenvalue weighted by Crippen LogP contribution is -2.50. The average Bonchev–Trinajstić information content (AvgIpc) is 3.24. The van der Waals surface area contributed by atoms with Crippen molar-refractivity contribution in [3.05, 3.63) is 68.7 Å². The summed E-state index contributed by atoms with van der Waals surface area (Å²) in [4.78, 5) is 19.7. The molecule has 2 atom stereocenters. The highest BCUT2D eigenvalue weighted by atomic mass is 35.5. The van der Waals surface area contributed by atoms with Gasteiger partial charge in [0.05, 0.1) is 10.4 Å². The minimum absolute atomic E-state index is 0.0512. The standard InChI is InChI=1S/C27H33ClFN5O2/c1-15-11-23(33-32-15)31-25-19(5)17(3)18(4)22(30-25)13-27(26(35)36)9-10-34(16(2)12-27)14-20-7-6-8-21(28)24(20)29/h6-8,11,16H,9-10,12-14H2,1-5H3,(H,35,36)(H2,30,31,32,33)/t16-,27-/m1/s1. The van der Waals surface area contributed by atoms with Crippen LogP contribution in [0.4, 0.5) is 16.0 Å². The molecule has 1 saturated heterocycles. The minimum atomic E-state index is -0.956. The van der Waals surface area contributed by atoms with Gasteiger partial charge in [-0.25, -0.2) is 9.37 Å². The van der Waals surface area contributed by atoms with Crippen molar-refractivity contribution >= 4 is 29.2 Å². The molecule has 1 aliphatic heterocycles. The summed E-state index contributed by atoms with van der Waals surface area (Å²) in [6.07, 6.45) is 1.22. The van der Waals surface area contributed by atoms with E-state index in [-0.39, 0.29) is 11.1 Å². The van der Waals surface area contributed by atoms with Gasteiger partial charge in [0.1, 0.15) is 11.6 Å². The molecule has 0 amide bonds. The molecule has 3 N–H and O–H groups in total. The Morgan fingerprint density at radius 1 is 1.28 bits per heavy atom. The maximum absolute atomic E-state index is 14.5. The molecule has 1 aromatic carbocycles. The summed E-state index contributed by atoms with van der Waals surface area (Å²) in [6, 6.07) is 6.84. The summed E-state index contributed by atoms with van der Waals surface area (Å²) in [5.74, 6) is 0.116. The number of aliphatic carboxylic acids is 1. The summed E-state index contributed by atoms with van der Waals surface area (Å²) < 4.78 is 14.5. The topological polar surface area (TPSA) is 94.1 Å². The van der Waals surface area contributed by atoms with Gasteiger partial charge in [0.15, 0.2) is 5.82 Å². The number of aromatic nitrogens is 3. The van der Waals surface area contributed by atoms with E-state index in [1.165, 1.54) is 6.07 Å². The van der Waals surface area contributed by atoms with E-state index in [2.05, 4.69) is 20.4 Å². The van der Waals surface area contributed by atoms with Crippen LogP contribution in [0.25, 0.3) is 0 Å². The van der Waals surface area contributed by atoms with Gasteiger partial charge in [0.25, 0.3) is 0 Å². The molecule has 3 aromatic rings. The quantitative estimate of drug-likeness (QED) is 0.365. The van der Waals surface area contributed by atoms with Crippen LogP contribution >= 0.6 is 11.6 Å². The molecule has 4 rings (SSSR count). The number of halogens is 2. The number of aryl methyl sites for hydroxylation is 1. The molecular formula is C27H33ClFN5O2. The summed E-state index contributed by atoms with van der Waals surface area (Å²) in [6.45, 7) is 10.9. The lowest BCUT2D eigenvalue weighted by Gasteiger charge is -2.43. The molecule has 0 saturated carbocycles. The molecule has 0 unspecified atom stereocenters. The second-order valence-electron chi connectivity index (χ2n) is 10.1. The Bertz CT molecular complexity index is 1290. The van der Waals surface area contributed by atoms with Crippen LogP contribution in [0.5, 0.6) is 0 Å². The van der Waals surface area contributed by atoms with Crippen molar-refractivity contribution in [2.24, 2.45) is 5.41 Å². The van der Waals surface area contributed by atoms with Crippen molar-refractivity contribution in [3.8, 4) is 0 Å². The number of nitrogens with one attached hydrogen (secondary N) is 2. The number of carbonyl (C=O) groups is 1. The Kier molecular flexibility index (Phi) is 7.38. The number of anilines is 2. The lowest BCUT2D eigenvalue weighted by molar-refractivity contribution is -0.153. The highest BCUT2D eigenvalue weighted by Gasteiger charge is 2.45. The van der Waals surface area contributed by atoms with E-state index in [0.717, 1.165) is 28.1 Å². The third-order valence-corrected chi connectivity index (χ3v) is 7.96. The Labute approximate surface area is 216 Å². The zero-order valence-electron chi connectivity index (χ0n) is 21.4. The van der Waals surface area contributed by atoms with Crippen molar-refractivity contribution in [3.63, 3.8) is 0 Å². The highest BCUT2D eigenvalue weighted by molar-refractivity contribution is 6.30. The van der Waals surface area contributed by atoms with Gasteiger partial charge in [-0.3, -0.25) is 14.8 Å². The van der Waals surface area contributed by atoms with Gasteiger partial charge in [0, 0.05) is 42.0 Å². The Morgan fingerprint density at radius 3 is 2.67 bits per heavy atom. The normalized spacial score (nSPS) is 20.5. The van der Waals surface area contributed by atoms with Gasteiger partial charge < -0.3 is 10.4 Å². The summed E-state index contributed by atoms with van der Waals surface area (Å²) in [7, 11) is 0. The fraction of sp³-hybridized carbons (Fsp3) is 0.444. The smallest absolute Gasteiger partial charge is 0.310 e. The molecule has 1 fully saturated rings. The predicted octanol–water partition coefficient (Wildman–Crippen LogP) is 5.87. The number of H-pyrrole nitrogens is 1.